The molecule has 1 aromatic heterocycles. The van der Waals surface area contributed by atoms with Crippen LogP contribution in [0.5, 0.6) is 0 Å². The lowest BCUT2D eigenvalue weighted by molar-refractivity contribution is -0.119. The molecule has 1 fully saturated rings. The van der Waals surface area contributed by atoms with Crippen LogP contribution in [0.2, 0.25) is 0 Å². The average Bonchev–Trinajstić information content (AvgIpc) is 2.95. The van der Waals surface area contributed by atoms with Gasteiger partial charge in [-0.1, -0.05) is 0 Å². The summed E-state index contributed by atoms with van der Waals surface area (Å²) >= 11 is 0. The molecule has 0 spiro atoms. The molecule has 0 radical (unpaired) electrons. The molecule has 1 amide bonds. The maximum absolute atomic E-state index is 12.3. The number of hydrogen-bond donors (Lipinski definition) is 1. The summed E-state index contributed by atoms with van der Waals surface area (Å²) in [6.45, 7) is 5.69. The van der Waals surface area contributed by atoms with Gasteiger partial charge in [0.25, 0.3) is 0 Å². The maximum Gasteiger partial charge on any atom is 0.217 e. The van der Waals surface area contributed by atoms with Crippen molar-refractivity contribution in [3.8, 4) is 0 Å². The van der Waals surface area contributed by atoms with Crippen molar-refractivity contribution in [3.63, 3.8) is 0 Å². The lowest BCUT2D eigenvalue weighted by Crippen LogP contribution is -2.33. The van der Waals surface area contributed by atoms with Crippen LogP contribution < -0.4 is 5.32 Å². The van der Waals surface area contributed by atoms with E-state index in [1.54, 1.807) is 20.0 Å². The van der Waals surface area contributed by atoms with Crippen LogP contribution in [0.1, 0.15) is 49.8 Å². The van der Waals surface area contributed by atoms with Crippen molar-refractivity contribution in [3.05, 3.63) is 23.3 Å². The van der Waals surface area contributed by atoms with E-state index in [0.29, 0.717) is 24.6 Å². The Morgan fingerprint density at radius 3 is 2.86 bits per heavy atom. The monoisotopic (exact) mass is 326 g/mol. The zero-order chi connectivity index (χ0) is 16.3. The van der Waals surface area contributed by atoms with Crippen LogP contribution in [-0.2, 0) is 21.4 Å². The first-order valence-electron chi connectivity index (χ1n) is 7.41. The molecule has 1 aliphatic heterocycles. The quantitative estimate of drug-likeness (QED) is 0.868. The Balaban J connectivity index is 2.37. The van der Waals surface area contributed by atoms with Crippen LogP contribution in [0.15, 0.2) is 6.20 Å². The molecule has 0 unspecified atom stereocenters. The second kappa shape index (κ2) is 6.70. The molecule has 8 heteroatoms. The highest BCUT2D eigenvalue weighted by Crippen LogP contribution is 2.34. The van der Waals surface area contributed by atoms with Gasteiger partial charge in [-0.05, 0) is 26.7 Å². The molecule has 0 saturated carbocycles. The van der Waals surface area contributed by atoms with Gasteiger partial charge in [0.1, 0.15) is 5.82 Å². The minimum absolute atomic E-state index is 0.0780. The summed E-state index contributed by atoms with van der Waals surface area (Å²) in [5, 5.41) is 2.73. The third-order valence-electron chi connectivity index (χ3n) is 3.79. The number of carbonyl (C=O) groups is 1. The molecule has 2 heterocycles. The normalized spacial score (nSPS) is 19.3. The number of aromatic nitrogens is 2. The van der Waals surface area contributed by atoms with Crippen molar-refractivity contribution in [2.75, 3.05) is 12.3 Å². The van der Waals surface area contributed by atoms with Gasteiger partial charge < -0.3 is 5.32 Å². The molecule has 1 atom stereocenters. The van der Waals surface area contributed by atoms with Gasteiger partial charge in [-0.3, -0.25) is 4.79 Å². The van der Waals surface area contributed by atoms with E-state index in [2.05, 4.69) is 15.3 Å². The lowest BCUT2D eigenvalue weighted by Gasteiger charge is -2.25. The first-order chi connectivity index (χ1) is 10.3. The number of sulfonamides is 1. The molecule has 0 aromatic carbocycles. The number of aryl methyl sites for hydroxylation is 1. The Morgan fingerprint density at radius 2 is 2.23 bits per heavy atom. The molecule has 0 bridgehead atoms. The first-order valence-corrected chi connectivity index (χ1v) is 9.02. The van der Waals surface area contributed by atoms with E-state index in [-0.39, 0.29) is 17.7 Å². The van der Waals surface area contributed by atoms with E-state index in [9.17, 15) is 13.2 Å². The predicted octanol–water partition coefficient (Wildman–Crippen LogP) is 0.908. The van der Waals surface area contributed by atoms with E-state index in [1.165, 1.54) is 11.2 Å². The average molecular weight is 326 g/mol. The number of amides is 1. The van der Waals surface area contributed by atoms with Crippen LogP contribution >= 0.6 is 0 Å². The third kappa shape index (κ3) is 3.61. The van der Waals surface area contributed by atoms with Gasteiger partial charge in [0.15, 0.2) is 0 Å². The van der Waals surface area contributed by atoms with Crippen LogP contribution in [0.4, 0.5) is 0 Å². The van der Waals surface area contributed by atoms with E-state index >= 15 is 0 Å². The fourth-order valence-corrected chi connectivity index (χ4v) is 4.00. The summed E-state index contributed by atoms with van der Waals surface area (Å²) in [5.41, 5.74) is 1.47. The Labute approximate surface area is 131 Å². The fraction of sp³-hybridized carbons (Fsp3) is 0.643. The largest absolute Gasteiger partial charge is 0.352 e. The van der Waals surface area contributed by atoms with Gasteiger partial charge >= 0.3 is 0 Å². The van der Waals surface area contributed by atoms with E-state index < -0.39 is 10.0 Å². The molecule has 22 heavy (non-hydrogen) atoms. The van der Waals surface area contributed by atoms with Crippen molar-refractivity contribution in [2.24, 2.45) is 0 Å². The molecule has 1 saturated heterocycles. The number of nitrogens with zero attached hydrogens (tertiary/aromatic N) is 3. The van der Waals surface area contributed by atoms with Crippen molar-refractivity contribution in [1.82, 2.24) is 19.6 Å². The van der Waals surface area contributed by atoms with Gasteiger partial charge in [-0.25, -0.2) is 18.4 Å². The molecular weight excluding hydrogens is 304 g/mol. The Kier molecular flexibility index (Phi) is 5.12. The molecule has 1 aliphatic rings. The van der Waals surface area contributed by atoms with Crippen molar-refractivity contribution >= 4 is 15.9 Å². The highest BCUT2D eigenvalue weighted by atomic mass is 32.2. The molecular formula is C14H22N4O3S. The number of rotatable bonds is 5. The summed E-state index contributed by atoms with van der Waals surface area (Å²) in [4.78, 5) is 19.8. The third-order valence-corrected chi connectivity index (χ3v) is 5.67. The highest BCUT2D eigenvalue weighted by Gasteiger charge is 2.36. The Hall–Kier alpha value is -1.54. The standard InChI is InChI=1S/C14H22N4O3S/c1-4-22(20,21)18-7-5-6-13(18)14-12(9-16-11(3)19)8-15-10(2)17-14/h8,13H,4-7,9H2,1-3H3,(H,16,19)/t13-/m1/s1. The first kappa shape index (κ1) is 16.8. The van der Waals surface area contributed by atoms with Gasteiger partial charge in [0.05, 0.1) is 17.5 Å². The summed E-state index contributed by atoms with van der Waals surface area (Å²) in [6, 6.07) is -0.268. The minimum atomic E-state index is -3.27. The van der Waals surface area contributed by atoms with Crippen molar-refractivity contribution < 1.29 is 13.2 Å². The summed E-state index contributed by atoms with van der Waals surface area (Å²) < 4.78 is 26.1. The van der Waals surface area contributed by atoms with Gasteiger partial charge in [0.2, 0.25) is 15.9 Å². The van der Waals surface area contributed by atoms with Crippen LogP contribution in [-0.4, -0.2) is 40.9 Å². The Morgan fingerprint density at radius 1 is 1.50 bits per heavy atom. The zero-order valence-electron chi connectivity index (χ0n) is 13.2. The van der Waals surface area contributed by atoms with E-state index in [4.69, 9.17) is 0 Å². The SMILES string of the molecule is CCS(=O)(=O)N1CCC[C@@H]1c1nc(C)ncc1CNC(C)=O. The lowest BCUT2D eigenvalue weighted by atomic mass is 10.1. The second-order valence-electron chi connectivity index (χ2n) is 5.41. The molecule has 1 N–H and O–H groups in total. The topological polar surface area (TPSA) is 92.3 Å². The van der Waals surface area contributed by atoms with Crippen LogP contribution in [0.3, 0.4) is 0 Å². The smallest absolute Gasteiger partial charge is 0.217 e. The number of nitrogens with one attached hydrogen (secondary N) is 1. The number of hydrogen-bond acceptors (Lipinski definition) is 5. The fourth-order valence-electron chi connectivity index (χ4n) is 2.67. The molecule has 2 rings (SSSR count). The molecule has 7 nitrogen and oxygen atoms in total. The number of carbonyl (C=O) groups excluding carboxylic acids is 1. The summed E-state index contributed by atoms with van der Waals surface area (Å²) in [5.74, 6) is 0.535. The Bertz CT molecular complexity index is 660. The van der Waals surface area contributed by atoms with Gasteiger partial charge in [0, 0.05) is 31.8 Å². The van der Waals surface area contributed by atoms with Crippen LogP contribution in [0, 0.1) is 6.92 Å². The van der Waals surface area contributed by atoms with Gasteiger partial charge in [-0.15, -0.1) is 0 Å². The van der Waals surface area contributed by atoms with Gasteiger partial charge in [-0.2, -0.15) is 4.31 Å². The minimum Gasteiger partial charge on any atom is -0.352 e. The summed E-state index contributed by atoms with van der Waals surface area (Å²) in [6.07, 6.45) is 3.22. The maximum atomic E-state index is 12.3. The predicted molar refractivity (Wildman–Crippen MR) is 82.4 cm³/mol. The molecule has 0 aliphatic carbocycles. The molecule has 122 valence electrons. The second-order valence-corrected chi connectivity index (χ2v) is 7.62. The zero-order valence-corrected chi connectivity index (χ0v) is 14.0. The van der Waals surface area contributed by atoms with Crippen molar-refractivity contribution in [1.29, 1.82) is 0 Å². The van der Waals surface area contributed by atoms with Crippen LogP contribution in [0.25, 0.3) is 0 Å². The van der Waals surface area contributed by atoms with E-state index in [0.717, 1.165) is 18.4 Å². The summed E-state index contributed by atoms with van der Waals surface area (Å²) in [7, 11) is -3.27. The molecule has 1 aromatic rings. The highest BCUT2D eigenvalue weighted by molar-refractivity contribution is 7.89. The van der Waals surface area contributed by atoms with E-state index in [1.807, 2.05) is 0 Å². The van der Waals surface area contributed by atoms with Crippen molar-refractivity contribution in [2.45, 2.75) is 46.2 Å².